The molecule has 3 amide bonds. The van der Waals surface area contributed by atoms with Gasteiger partial charge in [-0.25, -0.2) is 4.79 Å². The molecule has 52 heavy (non-hydrogen) atoms. The molecule has 1 aliphatic heterocycles. The summed E-state index contributed by atoms with van der Waals surface area (Å²) in [7, 11) is -2.94. The predicted octanol–water partition coefficient (Wildman–Crippen LogP) is 5.93. The zero-order valence-electron chi connectivity index (χ0n) is 32.5. The third-order valence-electron chi connectivity index (χ3n) is 9.91. The van der Waals surface area contributed by atoms with Gasteiger partial charge in [0, 0.05) is 18.4 Å². The summed E-state index contributed by atoms with van der Waals surface area (Å²) in [6.07, 6.45) is 6.91. The van der Waals surface area contributed by atoms with Crippen LogP contribution < -0.4 is 26.3 Å². The number of rotatable bonds is 13. The topological polar surface area (TPSA) is 123 Å². The quantitative estimate of drug-likeness (QED) is 0.133. The SMILES string of the molecule is C=C1/C=C/C(=O)N[C@@H](C)C(=O)N[C@H](C(C)C)C(=O)O[C@H]([C@@H](C)CCCCCC)[C@@H](CCO[Si](c2ccccc2)(c2ccccc2)C(C)(C)C)C(=O)N1. The van der Waals surface area contributed by atoms with Crippen LogP contribution in [0.4, 0.5) is 0 Å². The van der Waals surface area contributed by atoms with Crippen molar-refractivity contribution in [1.29, 1.82) is 0 Å². The highest BCUT2D eigenvalue weighted by atomic mass is 28.4. The van der Waals surface area contributed by atoms with E-state index in [1.807, 2.05) is 57.2 Å². The summed E-state index contributed by atoms with van der Waals surface area (Å²) in [5.74, 6) is -3.38. The molecule has 0 spiro atoms. The summed E-state index contributed by atoms with van der Waals surface area (Å²) < 4.78 is 13.6. The lowest BCUT2D eigenvalue weighted by molar-refractivity contribution is -0.162. The lowest BCUT2D eigenvalue weighted by atomic mass is 9.85. The minimum absolute atomic E-state index is 0.186. The van der Waals surface area contributed by atoms with Gasteiger partial charge in [-0.1, -0.05) is 141 Å². The highest BCUT2D eigenvalue weighted by Gasteiger charge is 2.50. The minimum atomic E-state index is -2.94. The fourth-order valence-corrected chi connectivity index (χ4v) is 11.6. The number of ether oxygens (including phenoxy) is 1. The third kappa shape index (κ3) is 11.2. The van der Waals surface area contributed by atoms with Crippen molar-refractivity contribution in [1.82, 2.24) is 16.0 Å². The molecule has 5 atom stereocenters. The third-order valence-corrected chi connectivity index (χ3v) is 15.0. The Bertz CT molecular complexity index is 1480. The van der Waals surface area contributed by atoms with Crippen LogP contribution in [0.1, 0.15) is 93.9 Å². The molecule has 0 aliphatic carbocycles. The number of carbonyl (C=O) groups excluding carboxylic acids is 4. The second-order valence-electron chi connectivity index (χ2n) is 15.4. The zero-order valence-corrected chi connectivity index (χ0v) is 33.5. The maximum Gasteiger partial charge on any atom is 0.329 e. The standard InChI is InChI=1S/C42H61N3O6Si/c1-10-11-12-15-20-30(4)38-35(27-28-50-52(42(7,8)9,33-21-16-13-17-22-33)34-23-18-14-19-24-34)40(48)43-31(5)25-26-36(46)44-32(6)39(47)45-37(29(2)3)41(49)51-38/h13-14,16-19,21-26,29-30,32,35,37-38H,5,10-12,15,20,27-28H2,1-4,6-9H3,(H,43,48)(H,44,46)(H,45,47)/b26-25+/t30-,32-,35+,37+,38+/m0/s1. The summed E-state index contributed by atoms with van der Waals surface area (Å²) in [6.45, 7) is 20.1. The van der Waals surface area contributed by atoms with Crippen molar-refractivity contribution in [2.24, 2.45) is 17.8 Å². The van der Waals surface area contributed by atoms with Gasteiger partial charge < -0.3 is 25.1 Å². The van der Waals surface area contributed by atoms with E-state index in [2.05, 4.69) is 74.5 Å². The molecule has 1 heterocycles. The lowest BCUT2D eigenvalue weighted by Crippen LogP contribution is -2.66. The molecule has 0 bridgehead atoms. The zero-order chi connectivity index (χ0) is 38.5. The van der Waals surface area contributed by atoms with E-state index in [0.717, 1.165) is 42.5 Å². The fraction of sp³-hybridized carbons (Fsp3) is 0.524. The average Bonchev–Trinajstić information content (AvgIpc) is 3.10. The molecule has 0 fully saturated rings. The van der Waals surface area contributed by atoms with Gasteiger partial charge >= 0.3 is 5.97 Å². The van der Waals surface area contributed by atoms with E-state index < -0.39 is 50.2 Å². The lowest BCUT2D eigenvalue weighted by Gasteiger charge is -2.43. The first-order chi connectivity index (χ1) is 24.6. The Balaban J connectivity index is 2.11. The Labute approximate surface area is 312 Å². The highest BCUT2D eigenvalue weighted by molar-refractivity contribution is 6.99. The van der Waals surface area contributed by atoms with Crippen molar-refractivity contribution in [2.45, 2.75) is 117 Å². The molecule has 3 N–H and O–H groups in total. The molecule has 0 aromatic heterocycles. The normalized spacial score (nSPS) is 22.4. The summed E-state index contributed by atoms with van der Waals surface area (Å²) in [5.41, 5.74) is 0.200. The van der Waals surface area contributed by atoms with Crippen molar-refractivity contribution in [3.63, 3.8) is 0 Å². The maximum absolute atomic E-state index is 14.3. The van der Waals surface area contributed by atoms with Crippen LogP contribution in [0.15, 0.2) is 85.1 Å². The number of amides is 3. The van der Waals surface area contributed by atoms with Crippen LogP contribution >= 0.6 is 0 Å². The smallest absolute Gasteiger partial charge is 0.329 e. The summed E-state index contributed by atoms with van der Waals surface area (Å²) in [4.78, 5) is 54.2. The molecule has 2 aromatic carbocycles. The van der Waals surface area contributed by atoms with Crippen molar-refractivity contribution < 1.29 is 28.3 Å². The number of nitrogens with one attached hydrogen (secondary N) is 3. The highest BCUT2D eigenvalue weighted by Crippen LogP contribution is 2.37. The molecule has 2 aromatic rings. The van der Waals surface area contributed by atoms with Crippen molar-refractivity contribution in [2.75, 3.05) is 6.61 Å². The Morgan fingerprint density at radius 3 is 1.98 bits per heavy atom. The van der Waals surface area contributed by atoms with Crippen LogP contribution in [0, 0.1) is 17.8 Å². The number of carbonyl (C=O) groups is 4. The van der Waals surface area contributed by atoms with Gasteiger partial charge in [0.15, 0.2) is 0 Å². The monoisotopic (exact) mass is 731 g/mol. The predicted molar refractivity (Wildman–Crippen MR) is 210 cm³/mol. The Kier molecular flexibility index (Phi) is 16.1. The first kappa shape index (κ1) is 42.4. The van der Waals surface area contributed by atoms with Crippen LogP contribution in [-0.4, -0.2) is 56.8 Å². The van der Waals surface area contributed by atoms with Crippen LogP contribution in [-0.2, 0) is 28.3 Å². The molecule has 9 nitrogen and oxygen atoms in total. The molecule has 0 radical (unpaired) electrons. The van der Waals surface area contributed by atoms with Gasteiger partial charge in [0.1, 0.15) is 18.2 Å². The number of hydrogen-bond acceptors (Lipinski definition) is 6. The number of allylic oxidation sites excluding steroid dienone is 1. The summed E-state index contributed by atoms with van der Waals surface area (Å²) >= 11 is 0. The van der Waals surface area contributed by atoms with E-state index in [1.165, 1.54) is 12.2 Å². The van der Waals surface area contributed by atoms with E-state index in [1.54, 1.807) is 6.92 Å². The molecule has 1 aliphatic rings. The first-order valence-electron chi connectivity index (χ1n) is 18.9. The van der Waals surface area contributed by atoms with E-state index >= 15 is 0 Å². The Morgan fingerprint density at radius 1 is 0.846 bits per heavy atom. The van der Waals surface area contributed by atoms with Gasteiger partial charge in [0.05, 0.1) is 5.92 Å². The number of cyclic esters (lactones) is 1. The number of unbranched alkanes of at least 4 members (excludes halogenated alkanes) is 3. The number of benzene rings is 2. The molecular formula is C42H61N3O6Si. The number of esters is 1. The first-order valence-corrected chi connectivity index (χ1v) is 20.8. The summed E-state index contributed by atoms with van der Waals surface area (Å²) in [6, 6.07) is 18.7. The Hall–Kier alpha value is -4.02. The van der Waals surface area contributed by atoms with Gasteiger partial charge in [-0.2, -0.15) is 0 Å². The molecule has 10 heteroatoms. The molecule has 284 valence electrons. The second kappa shape index (κ2) is 19.7. The second-order valence-corrected chi connectivity index (χ2v) is 19.7. The van der Waals surface area contributed by atoms with E-state index in [4.69, 9.17) is 9.16 Å². The largest absolute Gasteiger partial charge is 0.460 e. The molecule has 0 unspecified atom stereocenters. The van der Waals surface area contributed by atoms with Gasteiger partial charge in [-0.05, 0) is 53.1 Å². The Morgan fingerprint density at radius 2 is 1.44 bits per heavy atom. The van der Waals surface area contributed by atoms with Crippen LogP contribution in [0.5, 0.6) is 0 Å². The molecule has 3 rings (SSSR count). The van der Waals surface area contributed by atoms with Gasteiger partial charge in [-0.3, -0.25) is 14.4 Å². The maximum atomic E-state index is 14.3. The molecule has 0 saturated carbocycles. The van der Waals surface area contributed by atoms with Crippen molar-refractivity contribution in [3.05, 3.63) is 85.1 Å². The number of hydrogen-bond donors (Lipinski definition) is 3. The summed E-state index contributed by atoms with van der Waals surface area (Å²) in [5, 5.41) is 10.2. The van der Waals surface area contributed by atoms with E-state index in [9.17, 15) is 19.2 Å². The van der Waals surface area contributed by atoms with E-state index in [0.29, 0.717) is 0 Å². The van der Waals surface area contributed by atoms with Gasteiger partial charge in [-0.15, -0.1) is 0 Å². The van der Waals surface area contributed by atoms with Crippen LogP contribution in [0.3, 0.4) is 0 Å². The van der Waals surface area contributed by atoms with Crippen molar-refractivity contribution >= 4 is 42.4 Å². The van der Waals surface area contributed by atoms with Crippen molar-refractivity contribution in [3.8, 4) is 0 Å². The van der Waals surface area contributed by atoms with Crippen LogP contribution in [0.2, 0.25) is 5.04 Å². The van der Waals surface area contributed by atoms with Crippen LogP contribution in [0.25, 0.3) is 0 Å². The fourth-order valence-electron chi connectivity index (χ4n) is 6.98. The molecule has 0 saturated heterocycles. The minimum Gasteiger partial charge on any atom is -0.460 e. The van der Waals surface area contributed by atoms with E-state index in [-0.39, 0.29) is 41.5 Å². The molecular weight excluding hydrogens is 671 g/mol. The van der Waals surface area contributed by atoms with Gasteiger partial charge in [0.25, 0.3) is 8.32 Å². The van der Waals surface area contributed by atoms with Gasteiger partial charge in [0.2, 0.25) is 17.7 Å². The average molecular weight is 732 g/mol.